The number of carboxylic acid groups (broad SMARTS) is 1. The van der Waals surface area contributed by atoms with Crippen LogP contribution in [0.15, 0.2) is 59.5 Å². The normalized spacial score (nSPS) is 11.7. The molecule has 1 atom stereocenters. The smallest absolute Gasteiger partial charge is 0.335 e. The Bertz CT molecular complexity index is 688. The summed E-state index contributed by atoms with van der Waals surface area (Å²) in [5.41, 5.74) is 0.949. The maximum atomic E-state index is 12.0. The summed E-state index contributed by atoms with van der Waals surface area (Å²) in [6, 6.07) is 16.9. The molecule has 5 heteroatoms. The van der Waals surface area contributed by atoms with E-state index in [1.807, 2.05) is 30.3 Å². The summed E-state index contributed by atoms with van der Waals surface area (Å²) < 4.78 is 0. The lowest BCUT2D eigenvalue weighted by Gasteiger charge is -2.12. The minimum atomic E-state index is -0.959. The van der Waals surface area contributed by atoms with Crippen molar-refractivity contribution >= 4 is 23.6 Å². The summed E-state index contributed by atoms with van der Waals surface area (Å²) >= 11 is 1.71. The van der Waals surface area contributed by atoms with E-state index in [9.17, 15) is 9.59 Å². The third kappa shape index (κ3) is 5.74. The fraction of sp³-hybridized carbons (Fsp3) is 0.263. The van der Waals surface area contributed by atoms with Crippen LogP contribution < -0.4 is 5.32 Å². The van der Waals surface area contributed by atoms with Crippen LogP contribution in [-0.2, 0) is 11.2 Å². The highest BCUT2D eigenvalue weighted by Crippen LogP contribution is 2.22. The number of carbonyl (C=O) groups is 2. The van der Waals surface area contributed by atoms with Crippen molar-refractivity contribution in [1.29, 1.82) is 0 Å². The quantitative estimate of drug-likeness (QED) is 0.719. The molecular formula is C19H21NO3S. The molecule has 0 aliphatic heterocycles. The highest BCUT2D eigenvalue weighted by Gasteiger charge is 2.11. The number of carboxylic acids is 1. The van der Waals surface area contributed by atoms with Gasteiger partial charge in [-0.2, -0.15) is 0 Å². The Morgan fingerprint density at radius 3 is 2.46 bits per heavy atom. The molecule has 2 N–H and O–H groups in total. The van der Waals surface area contributed by atoms with Crippen molar-refractivity contribution in [2.24, 2.45) is 0 Å². The minimum Gasteiger partial charge on any atom is -0.478 e. The van der Waals surface area contributed by atoms with Gasteiger partial charge in [-0.3, -0.25) is 4.79 Å². The molecule has 2 aromatic rings. The summed E-state index contributed by atoms with van der Waals surface area (Å²) in [7, 11) is 0. The predicted octanol–water partition coefficient (Wildman–Crippen LogP) is 3.61. The lowest BCUT2D eigenvalue weighted by Crippen LogP contribution is -2.29. The Hall–Kier alpha value is -2.27. The minimum absolute atomic E-state index is 0.0595. The summed E-state index contributed by atoms with van der Waals surface area (Å²) in [5, 5.41) is 12.3. The molecule has 0 bridgehead atoms. The number of benzene rings is 2. The first-order chi connectivity index (χ1) is 11.6. The van der Waals surface area contributed by atoms with Gasteiger partial charge in [-0.05, 0) is 30.2 Å². The van der Waals surface area contributed by atoms with E-state index in [1.165, 1.54) is 4.90 Å². The Labute approximate surface area is 146 Å². The molecule has 0 radical (unpaired) electrons. The summed E-state index contributed by atoms with van der Waals surface area (Å²) in [6.45, 7) is 2.65. The van der Waals surface area contributed by atoms with Crippen LogP contribution in [0.1, 0.15) is 29.3 Å². The maximum Gasteiger partial charge on any atom is 0.335 e. The maximum absolute atomic E-state index is 12.0. The first kappa shape index (κ1) is 18.1. The van der Waals surface area contributed by atoms with E-state index in [4.69, 9.17) is 5.11 Å². The second kappa shape index (κ2) is 9.13. The third-order valence-corrected chi connectivity index (χ3v) is 4.65. The van der Waals surface area contributed by atoms with Crippen molar-refractivity contribution in [2.45, 2.75) is 29.9 Å². The summed E-state index contributed by atoms with van der Waals surface area (Å²) in [5.74, 6) is -1.02. The van der Waals surface area contributed by atoms with E-state index >= 15 is 0 Å². The average Bonchev–Trinajstić information content (AvgIpc) is 2.59. The Balaban J connectivity index is 1.77. The van der Waals surface area contributed by atoms with Gasteiger partial charge in [-0.15, -0.1) is 11.8 Å². The zero-order valence-corrected chi connectivity index (χ0v) is 14.4. The molecule has 1 amide bonds. The standard InChI is InChI=1S/C19H21NO3S/c1-14(24-16-8-3-2-4-9-16)13-20-18(21)12-11-15-7-5-6-10-17(15)19(22)23/h2-10,14H,11-13H2,1H3,(H,20,21)(H,22,23). The van der Waals surface area contributed by atoms with E-state index in [2.05, 4.69) is 12.2 Å². The number of aryl methyl sites for hydroxylation is 1. The Morgan fingerprint density at radius 2 is 1.75 bits per heavy atom. The van der Waals surface area contributed by atoms with Crippen molar-refractivity contribution in [2.75, 3.05) is 6.54 Å². The molecular weight excluding hydrogens is 322 g/mol. The SMILES string of the molecule is CC(CNC(=O)CCc1ccccc1C(=O)O)Sc1ccccc1. The lowest BCUT2D eigenvalue weighted by atomic mass is 10.0. The zero-order chi connectivity index (χ0) is 17.4. The van der Waals surface area contributed by atoms with Crippen molar-refractivity contribution in [3.63, 3.8) is 0 Å². The van der Waals surface area contributed by atoms with E-state index in [-0.39, 0.29) is 23.1 Å². The molecule has 24 heavy (non-hydrogen) atoms. The van der Waals surface area contributed by atoms with Crippen LogP contribution in [0.5, 0.6) is 0 Å². The first-order valence-electron chi connectivity index (χ1n) is 7.86. The van der Waals surface area contributed by atoms with Crippen LogP contribution >= 0.6 is 11.8 Å². The monoisotopic (exact) mass is 343 g/mol. The van der Waals surface area contributed by atoms with Crippen LogP contribution in [0.2, 0.25) is 0 Å². The van der Waals surface area contributed by atoms with Crippen molar-refractivity contribution in [1.82, 2.24) is 5.32 Å². The molecule has 0 saturated carbocycles. The van der Waals surface area contributed by atoms with Crippen molar-refractivity contribution in [3.8, 4) is 0 Å². The molecule has 0 aromatic heterocycles. The highest BCUT2D eigenvalue weighted by atomic mass is 32.2. The highest BCUT2D eigenvalue weighted by molar-refractivity contribution is 8.00. The van der Waals surface area contributed by atoms with Gasteiger partial charge in [0.25, 0.3) is 0 Å². The number of hydrogen-bond donors (Lipinski definition) is 2. The van der Waals surface area contributed by atoms with Gasteiger partial charge in [0.2, 0.25) is 5.91 Å². The zero-order valence-electron chi connectivity index (χ0n) is 13.6. The topological polar surface area (TPSA) is 66.4 Å². The molecule has 1 unspecified atom stereocenters. The van der Waals surface area contributed by atoms with Gasteiger partial charge in [0.1, 0.15) is 0 Å². The average molecular weight is 343 g/mol. The van der Waals surface area contributed by atoms with Crippen LogP contribution in [0.3, 0.4) is 0 Å². The van der Waals surface area contributed by atoms with E-state index < -0.39 is 5.97 Å². The molecule has 2 rings (SSSR count). The van der Waals surface area contributed by atoms with Crippen LogP contribution in [-0.4, -0.2) is 28.8 Å². The summed E-state index contributed by atoms with van der Waals surface area (Å²) in [6.07, 6.45) is 0.710. The molecule has 0 fully saturated rings. The fourth-order valence-corrected chi connectivity index (χ4v) is 3.26. The fourth-order valence-electron chi connectivity index (χ4n) is 2.31. The lowest BCUT2D eigenvalue weighted by molar-refractivity contribution is -0.121. The molecule has 2 aromatic carbocycles. The number of carbonyl (C=O) groups excluding carboxylic acids is 1. The van der Waals surface area contributed by atoms with Gasteiger partial charge in [0.05, 0.1) is 5.56 Å². The summed E-state index contributed by atoms with van der Waals surface area (Å²) in [4.78, 5) is 24.3. The number of hydrogen-bond acceptors (Lipinski definition) is 3. The van der Waals surface area contributed by atoms with E-state index in [1.54, 1.807) is 36.0 Å². The second-order valence-electron chi connectivity index (χ2n) is 5.51. The van der Waals surface area contributed by atoms with Gasteiger partial charge >= 0.3 is 5.97 Å². The second-order valence-corrected chi connectivity index (χ2v) is 7.02. The molecule has 0 spiro atoms. The molecule has 4 nitrogen and oxygen atoms in total. The van der Waals surface area contributed by atoms with Gasteiger partial charge in [0, 0.05) is 23.1 Å². The first-order valence-corrected chi connectivity index (χ1v) is 8.74. The van der Waals surface area contributed by atoms with Crippen molar-refractivity contribution < 1.29 is 14.7 Å². The molecule has 0 heterocycles. The van der Waals surface area contributed by atoms with Gasteiger partial charge in [-0.1, -0.05) is 43.3 Å². The van der Waals surface area contributed by atoms with Gasteiger partial charge in [0.15, 0.2) is 0 Å². The van der Waals surface area contributed by atoms with Gasteiger partial charge < -0.3 is 10.4 Å². The predicted molar refractivity (Wildman–Crippen MR) is 96.5 cm³/mol. The van der Waals surface area contributed by atoms with Gasteiger partial charge in [-0.25, -0.2) is 4.79 Å². The molecule has 0 aliphatic rings. The molecule has 0 saturated heterocycles. The largest absolute Gasteiger partial charge is 0.478 e. The Morgan fingerprint density at radius 1 is 1.08 bits per heavy atom. The number of amides is 1. The number of aromatic carboxylic acids is 1. The van der Waals surface area contributed by atoms with Crippen LogP contribution in [0.4, 0.5) is 0 Å². The molecule has 0 aliphatic carbocycles. The number of rotatable bonds is 8. The van der Waals surface area contributed by atoms with E-state index in [0.717, 1.165) is 0 Å². The third-order valence-electron chi connectivity index (χ3n) is 3.54. The molecule has 126 valence electrons. The Kier molecular flexibility index (Phi) is 6.88. The van der Waals surface area contributed by atoms with Crippen LogP contribution in [0.25, 0.3) is 0 Å². The number of nitrogens with one attached hydrogen (secondary N) is 1. The number of thioether (sulfide) groups is 1. The van der Waals surface area contributed by atoms with Crippen molar-refractivity contribution in [3.05, 3.63) is 65.7 Å². The van der Waals surface area contributed by atoms with Crippen LogP contribution in [0, 0.1) is 0 Å². The van der Waals surface area contributed by atoms with E-state index in [0.29, 0.717) is 18.5 Å².